The third-order valence-corrected chi connectivity index (χ3v) is 5.35. The maximum absolute atomic E-state index is 12.8. The number of nitrogens with one attached hydrogen (secondary N) is 1. The quantitative estimate of drug-likeness (QED) is 0.539. The van der Waals surface area contributed by atoms with E-state index in [1.165, 1.54) is 12.1 Å². The van der Waals surface area contributed by atoms with Gasteiger partial charge < -0.3 is 0 Å². The molecule has 1 amide bonds. The van der Waals surface area contributed by atoms with Crippen molar-refractivity contribution in [1.82, 2.24) is 4.72 Å². The maximum Gasteiger partial charge on any atom is 0.265 e. The largest absolute Gasteiger partial charge is 0.268 e. The summed E-state index contributed by atoms with van der Waals surface area (Å²) >= 11 is 0. The SMILES string of the molecule is Cc1ccc(S(=O)(=O)NC(=O)/C(=C/c2ccccc2)c2ccccc2)cc1. The standard InChI is InChI=1S/C22H19NO3S/c1-17-12-14-20(15-13-17)27(25,26)23-22(24)21(19-10-6-3-7-11-19)16-18-8-4-2-5-9-18/h2-16H,1H3,(H,23,24)/b21-16+. The van der Waals surface area contributed by atoms with Gasteiger partial charge in [-0.25, -0.2) is 13.1 Å². The minimum Gasteiger partial charge on any atom is -0.268 e. The molecule has 0 aliphatic heterocycles. The summed E-state index contributed by atoms with van der Waals surface area (Å²) < 4.78 is 27.3. The van der Waals surface area contributed by atoms with Crippen LogP contribution < -0.4 is 4.72 Å². The Morgan fingerprint density at radius 1 is 0.815 bits per heavy atom. The number of hydrogen-bond donors (Lipinski definition) is 1. The van der Waals surface area contributed by atoms with Crippen LogP contribution in [0.15, 0.2) is 89.8 Å². The Balaban J connectivity index is 1.96. The van der Waals surface area contributed by atoms with Gasteiger partial charge in [-0.05, 0) is 36.3 Å². The van der Waals surface area contributed by atoms with E-state index in [1.807, 2.05) is 43.3 Å². The molecule has 0 saturated carbocycles. The van der Waals surface area contributed by atoms with Crippen molar-refractivity contribution in [3.8, 4) is 0 Å². The molecule has 0 fully saturated rings. The van der Waals surface area contributed by atoms with E-state index in [4.69, 9.17) is 0 Å². The van der Waals surface area contributed by atoms with Gasteiger partial charge in [-0.3, -0.25) is 4.79 Å². The smallest absolute Gasteiger partial charge is 0.265 e. The van der Waals surface area contributed by atoms with Crippen molar-refractivity contribution in [2.24, 2.45) is 0 Å². The number of hydrogen-bond acceptors (Lipinski definition) is 3. The molecule has 3 rings (SSSR count). The van der Waals surface area contributed by atoms with Gasteiger partial charge in [0.15, 0.2) is 0 Å². The van der Waals surface area contributed by atoms with E-state index in [0.717, 1.165) is 11.1 Å². The Labute approximate surface area is 159 Å². The summed E-state index contributed by atoms with van der Waals surface area (Å²) in [7, 11) is -3.96. The summed E-state index contributed by atoms with van der Waals surface area (Å²) in [5.74, 6) is -0.675. The summed E-state index contributed by atoms with van der Waals surface area (Å²) in [6, 6.07) is 24.6. The van der Waals surface area contributed by atoms with Gasteiger partial charge in [0.2, 0.25) is 0 Å². The third kappa shape index (κ3) is 4.71. The van der Waals surface area contributed by atoms with Crippen LogP contribution in [-0.2, 0) is 14.8 Å². The summed E-state index contributed by atoms with van der Waals surface area (Å²) in [6.07, 6.45) is 1.68. The Kier molecular flexibility index (Phi) is 5.52. The van der Waals surface area contributed by atoms with Crippen molar-refractivity contribution in [3.05, 3.63) is 102 Å². The van der Waals surface area contributed by atoms with E-state index in [9.17, 15) is 13.2 Å². The van der Waals surface area contributed by atoms with Gasteiger partial charge in [-0.2, -0.15) is 0 Å². The number of sulfonamides is 1. The number of aryl methyl sites for hydroxylation is 1. The van der Waals surface area contributed by atoms with Crippen LogP contribution in [0, 0.1) is 6.92 Å². The lowest BCUT2D eigenvalue weighted by Gasteiger charge is -2.11. The zero-order chi connectivity index (χ0) is 19.3. The topological polar surface area (TPSA) is 63.2 Å². The fourth-order valence-corrected chi connectivity index (χ4v) is 3.53. The Morgan fingerprint density at radius 2 is 1.37 bits per heavy atom. The van der Waals surface area contributed by atoms with Crippen LogP contribution in [0.25, 0.3) is 11.6 Å². The fraction of sp³-hybridized carbons (Fsp3) is 0.0455. The minimum absolute atomic E-state index is 0.0496. The molecule has 0 heterocycles. The molecule has 0 unspecified atom stereocenters. The van der Waals surface area contributed by atoms with Gasteiger partial charge >= 0.3 is 0 Å². The summed E-state index contributed by atoms with van der Waals surface area (Å²) in [5, 5.41) is 0. The Hall–Kier alpha value is -3.18. The molecule has 1 N–H and O–H groups in total. The molecule has 27 heavy (non-hydrogen) atoms. The Morgan fingerprint density at radius 3 is 1.96 bits per heavy atom. The van der Waals surface area contributed by atoms with E-state index in [0.29, 0.717) is 5.56 Å². The van der Waals surface area contributed by atoms with Crippen molar-refractivity contribution in [1.29, 1.82) is 0 Å². The predicted octanol–water partition coefficient (Wildman–Crippen LogP) is 4.04. The van der Waals surface area contributed by atoms with Gasteiger partial charge in [0.25, 0.3) is 15.9 Å². The van der Waals surface area contributed by atoms with Gasteiger partial charge in [-0.15, -0.1) is 0 Å². The van der Waals surface area contributed by atoms with Crippen LogP contribution in [0.4, 0.5) is 0 Å². The highest BCUT2D eigenvalue weighted by Gasteiger charge is 2.21. The first kappa shape index (κ1) is 18.6. The number of rotatable bonds is 5. The van der Waals surface area contributed by atoms with E-state index in [2.05, 4.69) is 4.72 Å². The molecule has 0 atom stereocenters. The summed E-state index contributed by atoms with van der Waals surface area (Å²) in [5.41, 5.74) is 2.66. The monoisotopic (exact) mass is 377 g/mol. The van der Waals surface area contributed by atoms with Crippen molar-refractivity contribution >= 4 is 27.6 Å². The van der Waals surface area contributed by atoms with Gasteiger partial charge in [0, 0.05) is 5.57 Å². The van der Waals surface area contributed by atoms with Gasteiger partial charge in [-0.1, -0.05) is 78.4 Å². The van der Waals surface area contributed by atoms with Crippen LogP contribution in [0.5, 0.6) is 0 Å². The molecular formula is C22H19NO3S. The number of amides is 1. The molecular weight excluding hydrogens is 358 g/mol. The second kappa shape index (κ2) is 8.01. The molecule has 0 spiro atoms. The molecule has 0 saturated heterocycles. The highest BCUT2D eigenvalue weighted by Crippen LogP contribution is 2.20. The summed E-state index contributed by atoms with van der Waals surface area (Å²) in [6.45, 7) is 1.87. The molecule has 0 aliphatic carbocycles. The normalized spacial score (nSPS) is 11.8. The minimum atomic E-state index is -3.96. The highest BCUT2D eigenvalue weighted by molar-refractivity contribution is 7.90. The lowest BCUT2D eigenvalue weighted by molar-refractivity contribution is -0.113. The van der Waals surface area contributed by atoms with Crippen LogP contribution >= 0.6 is 0 Å². The molecule has 136 valence electrons. The maximum atomic E-state index is 12.8. The van der Waals surface area contributed by atoms with Gasteiger partial charge in [0.1, 0.15) is 0 Å². The van der Waals surface area contributed by atoms with Crippen molar-refractivity contribution < 1.29 is 13.2 Å². The third-order valence-electron chi connectivity index (χ3n) is 4.00. The van der Waals surface area contributed by atoms with Crippen LogP contribution in [0.3, 0.4) is 0 Å². The molecule has 0 bridgehead atoms. The van der Waals surface area contributed by atoms with E-state index < -0.39 is 15.9 Å². The molecule has 0 aromatic heterocycles. The average molecular weight is 377 g/mol. The molecule has 0 radical (unpaired) electrons. The molecule has 0 aliphatic rings. The first-order valence-electron chi connectivity index (χ1n) is 8.42. The zero-order valence-corrected chi connectivity index (χ0v) is 15.6. The zero-order valence-electron chi connectivity index (χ0n) is 14.8. The van der Waals surface area contributed by atoms with Crippen LogP contribution in [-0.4, -0.2) is 14.3 Å². The lowest BCUT2D eigenvalue weighted by Crippen LogP contribution is -2.31. The van der Waals surface area contributed by atoms with Gasteiger partial charge in [0.05, 0.1) is 4.90 Å². The molecule has 5 heteroatoms. The predicted molar refractivity (Wildman–Crippen MR) is 107 cm³/mol. The van der Waals surface area contributed by atoms with Crippen molar-refractivity contribution in [2.45, 2.75) is 11.8 Å². The highest BCUT2D eigenvalue weighted by atomic mass is 32.2. The summed E-state index contributed by atoms with van der Waals surface area (Å²) in [4.78, 5) is 12.9. The number of carbonyl (C=O) groups excluding carboxylic acids is 1. The second-order valence-corrected chi connectivity index (χ2v) is 7.76. The molecule has 4 nitrogen and oxygen atoms in total. The van der Waals surface area contributed by atoms with Crippen LogP contribution in [0.2, 0.25) is 0 Å². The number of benzene rings is 3. The van der Waals surface area contributed by atoms with Crippen LogP contribution in [0.1, 0.15) is 16.7 Å². The number of carbonyl (C=O) groups is 1. The molecule has 3 aromatic carbocycles. The van der Waals surface area contributed by atoms with E-state index in [1.54, 1.807) is 42.5 Å². The Bertz CT molecular complexity index is 1060. The average Bonchev–Trinajstić information content (AvgIpc) is 2.67. The van der Waals surface area contributed by atoms with E-state index >= 15 is 0 Å². The fourth-order valence-electron chi connectivity index (χ4n) is 2.57. The molecule has 3 aromatic rings. The lowest BCUT2D eigenvalue weighted by atomic mass is 10.0. The second-order valence-electron chi connectivity index (χ2n) is 6.08. The van der Waals surface area contributed by atoms with E-state index in [-0.39, 0.29) is 10.5 Å². The first-order chi connectivity index (χ1) is 13.0. The first-order valence-corrected chi connectivity index (χ1v) is 9.90. The van der Waals surface area contributed by atoms with Crippen molar-refractivity contribution in [2.75, 3.05) is 0 Å². The van der Waals surface area contributed by atoms with Crippen molar-refractivity contribution in [3.63, 3.8) is 0 Å².